The zero-order chi connectivity index (χ0) is 13.9. The van der Waals surface area contributed by atoms with E-state index >= 15 is 0 Å². The van der Waals surface area contributed by atoms with Gasteiger partial charge in [0.05, 0.1) is 17.9 Å². The summed E-state index contributed by atoms with van der Waals surface area (Å²) in [5.41, 5.74) is 1.49. The van der Waals surface area contributed by atoms with Gasteiger partial charge in [0.25, 0.3) is 0 Å². The van der Waals surface area contributed by atoms with E-state index < -0.39 is 0 Å². The quantitative estimate of drug-likeness (QED) is 0.877. The molecular formula is C15H19N3O2. The van der Waals surface area contributed by atoms with Gasteiger partial charge in [-0.3, -0.25) is 14.5 Å². The standard InChI is InChI=1S/C15H19N3O2/c19-14-10-18(13-8-4-3-7-12(13)17-14)15(20)9-16-11-5-1-2-6-11/h3-4,7-8,11,16H,1-2,5-6,9-10H2,(H,17,19). The Balaban J connectivity index is 1.69. The van der Waals surface area contributed by atoms with E-state index in [1.807, 2.05) is 24.3 Å². The molecule has 0 radical (unpaired) electrons. The lowest BCUT2D eigenvalue weighted by atomic mass is 10.2. The molecule has 1 aromatic rings. The van der Waals surface area contributed by atoms with Gasteiger partial charge in [-0.05, 0) is 25.0 Å². The first-order chi connectivity index (χ1) is 9.74. The first-order valence-corrected chi connectivity index (χ1v) is 7.16. The fraction of sp³-hybridized carbons (Fsp3) is 0.467. The second kappa shape index (κ2) is 5.63. The monoisotopic (exact) mass is 273 g/mol. The van der Waals surface area contributed by atoms with Crippen LogP contribution in [-0.4, -0.2) is 30.9 Å². The molecule has 0 saturated heterocycles. The SMILES string of the molecule is O=C1CN(C(=O)CNC2CCCC2)c2ccccc2N1. The molecule has 0 unspecified atom stereocenters. The van der Waals surface area contributed by atoms with E-state index in [1.54, 1.807) is 4.90 Å². The topological polar surface area (TPSA) is 61.4 Å². The molecule has 5 heteroatoms. The third-order valence-corrected chi connectivity index (χ3v) is 3.97. The van der Waals surface area contributed by atoms with E-state index in [-0.39, 0.29) is 18.4 Å². The number of hydrogen-bond donors (Lipinski definition) is 2. The van der Waals surface area contributed by atoms with Crippen molar-refractivity contribution in [3.05, 3.63) is 24.3 Å². The molecule has 1 aromatic carbocycles. The van der Waals surface area contributed by atoms with Gasteiger partial charge < -0.3 is 10.6 Å². The van der Waals surface area contributed by atoms with Crippen molar-refractivity contribution in [2.24, 2.45) is 0 Å². The Labute approximate surface area is 118 Å². The average Bonchev–Trinajstić information content (AvgIpc) is 2.97. The van der Waals surface area contributed by atoms with Crippen molar-refractivity contribution >= 4 is 23.2 Å². The molecular weight excluding hydrogens is 254 g/mol. The second-order valence-corrected chi connectivity index (χ2v) is 5.41. The molecule has 1 aliphatic carbocycles. The number of carbonyl (C=O) groups is 2. The predicted octanol–water partition coefficient (Wildman–Crippen LogP) is 1.50. The summed E-state index contributed by atoms with van der Waals surface area (Å²) in [4.78, 5) is 25.6. The van der Waals surface area contributed by atoms with E-state index in [0.717, 1.165) is 18.5 Å². The Morgan fingerprint density at radius 2 is 2.05 bits per heavy atom. The van der Waals surface area contributed by atoms with E-state index in [0.29, 0.717) is 18.3 Å². The number of anilines is 2. The smallest absolute Gasteiger partial charge is 0.244 e. The number of amides is 2. The van der Waals surface area contributed by atoms with Crippen LogP contribution in [0.2, 0.25) is 0 Å². The van der Waals surface area contributed by atoms with Gasteiger partial charge in [0.2, 0.25) is 11.8 Å². The van der Waals surface area contributed by atoms with Crippen LogP contribution in [0.25, 0.3) is 0 Å². The van der Waals surface area contributed by atoms with Crippen LogP contribution < -0.4 is 15.5 Å². The Morgan fingerprint density at radius 1 is 1.30 bits per heavy atom. The van der Waals surface area contributed by atoms with Gasteiger partial charge in [-0.2, -0.15) is 0 Å². The third-order valence-electron chi connectivity index (χ3n) is 3.97. The maximum atomic E-state index is 12.3. The highest BCUT2D eigenvalue weighted by atomic mass is 16.2. The van der Waals surface area contributed by atoms with Crippen LogP contribution in [-0.2, 0) is 9.59 Å². The number of nitrogens with zero attached hydrogens (tertiary/aromatic N) is 1. The summed E-state index contributed by atoms with van der Waals surface area (Å²) in [7, 11) is 0. The average molecular weight is 273 g/mol. The molecule has 5 nitrogen and oxygen atoms in total. The number of rotatable bonds is 3. The molecule has 3 rings (SSSR count). The van der Waals surface area contributed by atoms with Crippen LogP contribution >= 0.6 is 0 Å². The van der Waals surface area contributed by atoms with Crippen molar-refractivity contribution in [2.45, 2.75) is 31.7 Å². The van der Waals surface area contributed by atoms with E-state index in [4.69, 9.17) is 0 Å². The largest absolute Gasteiger partial charge is 0.323 e. The lowest BCUT2D eigenvalue weighted by Gasteiger charge is -2.29. The highest BCUT2D eigenvalue weighted by Gasteiger charge is 2.26. The lowest BCUT2D eigenvalue weighted by molar-refractivity contribution is -0.121. The number of hydrogen-bond acceptors (Lipinski definition) is 3. The molecule has 0 aromatic heterocycles. The highest BCUT2D eigenvalue weighted by molar-refractivity contribution is 6.10. The summed E-state index contributed by atoms with van der Waals surface area (Å²) in [6.45, 7) is 0.397. The normalized spacial score (nSPS) is 18.8. The highest BCUT2D eigenvalue weighted by Crippen LogP contribution is 2.28. The zero-order valence-corrected chi connectivity index (χ0v) is 11.4. The maximum absolute atomic E-state index is 12.3. The third kappa shape index (κ3) is 2.67. The molecule has 20 heavy (non-hydrogen) atoms. The summed E-state index contributed by atoms with van der Waals surface area (Å²) < 4.78 is 0. The van der Waals surface area contributed by atoms with Crippen molar-refractivity contribution in [3.8, 4) is 0 Å². The molecule has 0 atom stereocenters. The number of carbonyl (C=O) groups excluding carboxylic acids is 2. The second-order valence-electron chi connectivity index (χ2n) is 5.41. The fourth-order valence-corrected chi connectivity index (χ4v) is 2.91. The van der Waals surface area contributed by atoms with Crippen LogP contribution in [0.5, 0.6) is 0 Å². The van der Waals surface area contributed by atoms with Crippen molar-refractivity contribution < 1.29 is 9.59 Å². The minimum atomic E-state index is -0.141. The summed E-state index contributed by atoms with van der Waals surface area (Å²) in [5, 5.41) is 6.09. The van der Waals surface area contributed by atoms with Crippen LogP contribution in [0.3, 0.4) is 0 Å². The Bertz CT molecular complexity index is 524. The Kier molecular flexibility index (Phi) is 3.69. The maximum Gasteiger partial charge on any atom is 0.244 e. The van der Waals surface area contributed by atoms with Gasteiger partial charge in [0.15, 0.2) is 0 Å². The number of nitrogens with one attached hydrogen (secondary N) is 2. The molecule has 2 amide bonds. The molecule has 2 N–H and O–H groups in total. The molecule has 2 aliphatic rings. The van der Waals surface area contributed by atoms with Gasteiger partial charge in [0.1, 0.15) is 6.54 Å². The summed E-state index contributed by atoms with van der Waals surface area (Å²) in [5.74, 6) is -0.183. The minimum Gasteiger partial charge on any atom is -0.323 e. The molecule has 106 valence electrons. The predicted molar refractivity (Wildman–Crippen MR) is 77.7 cm³/mol. The van der Waals surface area contributed by atoms with Crippen molar-refractivity contribution in [2.75, 3.05) is 23.3 Å². The Hall–Kier alpha value is -1.88. The van der Waals surface area contributed by atoms with Gasteiger partial charge in [0, 0.05) is 6.04 Å². The Morgan fingerprint density at radius 3 is 2.85 bits per heavy atom. The van der Waals surface area contributed by atoms with E-state index in [2.05, 4.69) is 10.6 Å². The number of benzene rings is 1. The minimum absolute atomic E-state index is 0.0424. The van der Waals surface area contributed by atoms with E-state index in [1.165, 1.54) is 12.8 Å². The van der Waals surface area contributed by atoms with E-state index in [9.17, 15) is 9.59 Å². The fourth-order valence-electron chi connectivity index (χ4n) is 2.91. The van der Waals surface area contributed by atoms with Crippen LogP contribution in [0.4, 0.5) is 11.4 Å². The lowest BCUT2D eigenvalue weighted by Crippen LogP contribution is -2.46. The van der Waals surface area contributed by atoms with Gasteiger partial charge in [-0.15, -0.1) is 0 Å². The van der Waals surface area contributed by atoms with Gasteiger partial charge in [-0.25, -0.2) is 0 Å². The number of fused-ring (bicyclic) bond motifs is 1. The zero-order valence-electron chi connectivity index (χ0n) is 11.4. The molecule has 1 saturated carbocycles. The molecule has 1 aliphatic heterocycles. The van der Waals surface area contributed by atoms with Crippen molar-refractivity contribution in [1.29, 1.82) is 0 Å². The summed E-state index contributed by atoms with van der Waals surface area (Å²) >= 11 is 0. The summed E-state index contributed by atoms with van der Waals surface area (Å²) in [6, 6.07) is 7.86. The van der Waals surface area contributed by atoms with Crippen LogP contribution in [0.1, 0.15) is 25.7 Å². The summed E-state index contributed by atoms with van der Waals surface area (Å²) in [6.07, 6.45) is 4.76. The van der Waals surface area contributed by atoms with Crippen molar-refractivity contribution in [1.82, 2.24) is 5.32 Å². The molecule has 0 bridgehead atoms. The molecule has 1 fully saturated rings. The van der Waals surface area contributed by atoms with Crippen LogP contribution in [0, 0.1) is 0 Å². The first kappa shape index (κ1) is 13.1. The first-order valence-electron chi connectivity index (χ1n) is 7.16. The van der Waals surface area contributed by atoms with Crippen LogP contribution in [0.15, 0.2) is 24.3 Å². The van der Waals surface area contributed by atoms with Crippen molar-refractivity contribution in [3.63, 3.8) is 0 Å². The van der Waals surface area contributed by atoms with Gasteiger partial charge >= 0.3 is 0 Å². The van der Waals surface area contributed by atoms with Gasteiger partial charge in [-0.1, -0.05) is 25.0 Å². The molecule has 0 spiro atoms. The molecule has 1 heterocycles. The number of para-hydroxylation sites is 2.